The first-order valence-corrected chi connectivity index (χ1v) is 11.0. The average Bonchev–Trinajstić information content (AvgIpc) is 3.23. The lowest BCUT2D eigenvalue weighted by Gasteiger charge is -2.15. The molecule has 0 aliphatic carbocycles. The number of carbonyl (C=O) groups is 1. The molecule has 1 aliphatic heterocycles. The molecule has 1 heterocycles. The fourth-order valence-electron chi connectivity index (χ4n) is 2.95. The molecular weight excluding hydrogens is 400 g/mol. The topological polar surface area (TPSA) is 75.7 Å². The fourth-order valence-corrected chi connectivity index (χ4v) is 4.64. The number of nitrogens with one attached hydrogen (secondary N) is 1. The summed E-state index contributed by atoms with van der Waals surface area (Å²) in [6.07, 6.45) is 1.77. The van der Waals surface area contributed by atoms with E-state index in [1.807, 2.05) is 19.1 Å². The normalized spacial score (nSPS) is 14.8. The SMILES string of the molecule is Cc1ccc(OCCNC(=O)c2ccc(S(=O)(=O)N3CCCC3)cc2)cc1Cl. The number of aryl methyl sites for hydroxylation is 1. The predicted octanol–water partition coefficient (Wildman–Crippen LogP) is 3.24. The Morgan fingerprint density at radius 3 is 2.46 bits per heavy atom. The third-order valence-corrected chi connectivity index (χ3v) is 6.94. The number of halogens is 1. The van der Waals surface area contributed by atoms with Gasteiger partial charge in [-0.05, 0) is 61.7 Å². The van der Waals surface area contributed by atoms with Crippen LogP contribution in [0, 0.1) is 6.92 Å². The summed E-state index contributed by atoms with van der Waals surface area (Å²) in [6.45, 7) is 3.63. The number of hydrogen-bond acceptors (Lipinski definition) is 4. The van der Waals surface area contributed by atoms with Crippen LogP contribution in [0.5, 0.6) is 5.75 Å². The predicted molar refractivity (Wildman–Crippen MR) is 108 cm³/mol. The van der Waals surface area contributed by atoms with Crippen molar-refractivity contribution in [2.24, 2.45) is 0 Å². The largest absolute Gasteiger partial charge is 0.492 e. The van der Waals surface area contributed by atoms with E-state index in [4.69, 9.17) is 16.3 Å². The van der Waals surface area contributed by atoms with Crippen LogP contribution in [0.2, 0.25) is 5.02 Å². The van der Waals surface area contributed by atoms with Gasteiger partial charge in [0.2, 0.25) is 10.0 Å². The van der Waals surface area contributed by atoms with Crippen LogP contribution in [-0.4, -0.2) is 44.9 Å². The summed E-state index contributed by atoms with van der Waals surface area (Å²) in [5, 5.41) is 3.38. The van der Waals surface area contributed by atoms with Crippen molar-refractivity contribution in [1.82, 2.24) is 9.62 Å². The second kappa shape index (κ2) is 8.94. The maximum atomic E-state index is 12.5. The Morgan fingerprint density at radius 2 is 1.82 bits per heavy atom. The summed E-state index contributed by atoms with van der Waals surface area (Å²) in [6, 6.07) is 11.4. The van der Waals surface area contributed by atoms with Gasteiger partial charge in [0.1, 0.15) is 12.4 Å². The summed E-state index contributed by atoms with van der Waals surface area (Å²) in [5.74, 6) is 0.358. The smallest absolute Gasteiger partial charge is 0.251 e. The summed E-state index contributed by atoms with van der Waals surface area (Å²) in [5.41, 5.74) is 1.37. The molecule has 1 saturated heterocycles. The quantitative estimate of drug-likeness (QED) is 0.695. The molecule has 0 spiro atoms. The second-order valence-electron chi connectivity index (χ2n) is 6.65. The highest BCUT2D eigenvalue weighted by molar-refractivity contribution is 7.89. The Balaban J connectivity index is 1.51. The van der Waals surface area contributed by atoms with Crippen molar-refractivity contribution < 1.29 is 17.9 Å². The number of nitrogens with zero attached hydrogens (tertiary/aromatic N) is 1. The minimum Gasteiger partial charge on any atom is -0.492 e. The molecule has 1 aliphatic rings. The van der Waals surface area contributed by atoms with E-state index in [0.29, 0.717) is 42.6 Å². The number of sulfonamides is 1. The molecule has 0 aromatic heterocycles. The zero-order valence-corrected chi connectivity index (χ0v) is 17.2. The first-order chi connectivity index (χ1) is 13.4. The zero-order chi connectivity index (χ0) is 20.1. The van der Waals surface area contributed by atoms with Crippen molar-refractivity contribution >= 4 is 27.5 Å². The zero-order valence-electron chi connectivity index (χ0n) is 15.7. The summed E-state index contributed by atoms with van der Waals surface area (Å²) >= 11 is 6.05. The van der Waals surface area contributed by atoms with Crippen LogP contribution in [0.4, 0.5) is 0 Å². The molecular formula is C20H23ClN2O4S. The highest BCUT2D eigenvalue weighted by Crippen LogP contribution is 2.22. The minimum atomic E-state index is -3.47. The molecule has 1 N–H and O–H groups in total. The van der Waals surface area contributed by atoms with Gasteiger partial charge < -0.3 is 10.1 Å². The fraction of sp³-hybridized carbons (Fsp3) is 0.350. The lowest BCUT2D eigenvalue weighted by Crippen LogP contribution is -2.29. The van der Waals surface area contributed by atoms with Crippen molar-refractivity contribution in [2.45, 2.75) is 24.7 Å². The lowest BCUT2D eigenvalue weighted by molar-refractivity contribution is 0.0947. The van der Waals surface area contributed by atoms with Crippen molar-refractivity contribution in [2.75, 3.05) is 26.2 Å². The van der Waals surface area contributed by atoms with Gasteiger partial charge in [0.25, 0.3) is 5.91 Å². The molecule has 0 radical (unpaired) electrons. The van der Waals surface area contributed by atoms with Gasteiger partial charge in [0, 0.05) is 23.7 Å². The van der Waals surface area contributed by atoms with Crippen LogP contribution in [0.15, 0.2) is 47.4 Å². The van der Waals surface area contributed by atoms with Gasteiger partial charge in [-0.15, -0.1) is 0 Å². The minimum absolute atomic E-state index is 0.213. The van der Waals surface area contributed by atoms with Crippen LogP contribution in [0.3, 0.4) is 0 Å². The number of ether oxygens (including phenoxy) is 1. The molecule has 2 aromatic rings. The van der Waals surface area contributed by atoms with Crippen molar-refractivity contribution in [1.29, 1.82) is 0 Å². The molecule has 1 fully saturated rings. The standard InChI is InChI=1S/C20H23ClN2O4S/c1-15-4-7-17(14-19(15)21)27-13-10-22-20(24)16-5-8-18(9-6-16)28(25,26)23-11-2-3-12-23/h4-9,14H,2-3,10-13H2,1H3,(H,22,24). The van der Waals surface area contributed by atoms with Gasteiger partial charge in [-0.2, -0.15) is 4.31 Å². The molecule has 1 amide bonds. The van der Waals surface area contributed by atoms with E-state index < -0.39 is 10.0 Å². The summed E-state index contributed by atoms with van der Waals surface area (Å²) in [4.78, 5) is 12.4. The summed E-state index contributed by atoms with van der Waals surface area (Å²) < 4.78 is 32.1. The molecule has 0 unspecified atom stereocenters. The van der Waals surface area contributed by atoms with Gasteiger partial charge in [-0.1, -0.05) is 17.7 Å². The van der Waals surface area contributed by atoms with Crippen molar-refractivity contribution in [3.8, 4) is 5.75 Å². The lowest BCUT2D eigenvalue weighted by atomic mass is 10.2. The molecule has 0 bridgehead atoms. The first-order valence-electron chi connectivity index (χ1n) is 9.15. The molecule has 6 nitrogen and oxygen atoms in total. The molecule has 3 rings (SSSR count). The number of amides is 1. The van der Waals surface area contributed by atoms with E-state index in [9.17, 15) is 13.2 Å². The number of carbonyl (C=O) groups excluding carboxylic acids is 1. The van der Waals surface area contributed by atoms with E-state index in [-0.39, 0.29) is 10.8 Å². The molecule has 8 heteroatoms. The van der Waals surface area contributed by atoms with Crippen LogP contribution < -0.4 is 10.1 Å². The Hall–Kier alpha value is -2.09. The van der Waals surface area contributed by atoms with E-state index in [0.717, 1.165) is 18.4 Å². The van der Waals surface area contributed by atoms with Crippen LogP contribution in [0.1, 0.15) is 28.8 Å². The maximum absolute atomic E-state index is 12.5. The molecule has 28 heavy (non-hydrogen) atoms. The Bertz CT molecular complexity index is 939. The van der Waals surface area contributed by atoms with Crippen LogP contribution in [-0.2, 0) is 10.0 Å². The average molecular weight is 423 g/mol. The van der Waals surface area contributed by atoms with Crippen LogP contribution >= 0.6 is 11.6 Å². The molecule has 0 atom stereocenters. The van der Waals surface area contributed by atoms with Gasteiger partial charge in [-0.3, -0.25) is 4.79 Å². The Kier molecular flexibility index (Phi) is 6.59. The third-order valence-electron chi connectivity index (χ3n) is 4.62. The highest BCUT2D eigenvalue weighted by atomic mass is 35.5. The summed E-state index contributed by atoms with van der Waals surface area (Å²) in [7, 11) is -3.47. The highest BCUT2D eigenvalue weighted by Gasteiger charge is 2.27. The second-order valence-corrected chi connectivity index (χ2v) is 9.00. The first kappa shape index (κ1) is 20.6. The van der Waals surface area contributed by atoms with Gasteiger partial charge >= 0.3 is 0 Å². The molecule has 2 aromatic carbocycles. The van der Waals surface area contributed by atoms with Gasteiger partial charge in [0.05, 0.1) is 11.4 Å². The van der Waals surface area contributed by atoms with Crippen molar-refractivity contribution in [3.63, 3.8) is 0 Å². The maximum Gasteiger partial charge on any atom is 0.251 e. The monoisotopic (exact) mass is 422 g/mol. The van der Waals surface area contributed by atoms with E-state index in [1.54, 1.807) is 6.07 Å². The third kappa shape index (κ3) is 4.84. The van der Waals surface area contributed by atoms with E-state index in [1.165, 1.54) is 28.6 Å². The van der Waals surface area contributed by atoms with E-state index in [2.05, 4.69) is 5.32 Å². The molecule has 0 saturated carbocycles. The number of rotatable bonds is 7. The van der Waals surface area contributed by atoms with Gasteiger partial charge in [-0.25, -0.2) is 8.42 Å². The van der Waals surface area contributed by atoms with Crippen LogP contribution in [0.25, 0.3) is 0 Å². The van der Waals surface area contributed by atoms with E-state index >= 15 is 0 Å². The Labute approximate surface area is 170 Å². The molecule has 150 valence electrons. The number of benzene rings is 2. The van der Waals surface area contributed by atoms with Gasteiger partial charge in [0.15, 0.2) is 0 Å². The van der Waals surface area contributed by atoms with Crippen molar-refractivity contribution in [3.05, 3.63) is 58.6 Å². The number of hydrogen-bond donors (Lipinski definition) is 1. The Morgan fingerprint density at radius 1 is 1.14 bits per heavy atom.